The lowest BCUT2D eigenvalue weighted by Gasteiger charge is -2.36. The maximum atomic E-state index is 12.8. The maximum Gasteiger partial charge on any atom is 0.225 e. The third-order valence-electron chi connectivity index (χ3n) is 5.98. The van der Waals surface area contributed by atoms with Crippen LogP contribution < -0.4 is 9.80 Å². The Kier molecular flexibility index (Phi) is 4.95. The van der Waals surface area contributed by atoms with Crippen molar-refractivity contribution in [1.82, 2.24) is 9.97 Å². The summed E-state index contributed by atoms with van der Waals surface area (Å²) in [5, 5.41) is 0.749. The van der Waals surface area contributed by atoms with Crippen LogP contribution in [0.5, 0.6) is 0 Å². The molecule has 1 fully saturated rings. The molecule has 0 bridgehead atoms. The summed E-state index contributed by atoms with van der Waals surface area (Å²) in [5.41, 5.74) is 3.44. The van der Waals surface area contributed by atoms with Crippen molar-refractivity contribution < 1.29 is 9.21 Å². The second-order valence-electron chi connectivity index (χ2n) is 7.93. The highest BCUT2D eigenvalue weighted by atomic mass is 35.5. The van der Waals surface area contributed by atoms with E-state index in [0.717, 1.165) is 54.0 Å². The number of aromatic nitrogens is 2. The van der Waals surface area contributed by atoms with Gasteiger partial charge in [0.15, 0.2) is 5.78 Å². The highest BCUT2D eigenvalue weighted by Gasteiger charge is 2.32. The molecule has 6 nitrogen and oxygen atoms in total. The molecule has 1 atom stereocenters. The minimum absolute atomic E-state index is 0.0434. The van der Waals surface area contributed by atoms with Gasteiger partial charge in [-0.3, -0.25) is 4.79 Å². The summed E-state index contributed by atoms with van der Waals surface area (Å²) in [6.45, 7) is 5.29. The van der Waals surface area contributed by atoms with Crippen LogP contribution in [-0.2, 0) is 6.42 Å². The van der Waals surface area contributed by atoms with Gasteiger partial charge in [-0.15, -0.1) is 0 Å². The molecule has 1 aliphatic heterocycles. The Bertz CT molecular complexity index is 1070. The van der Waals surface area contributed by atoms with Crippen molar-refractivity contribution in [2.24, 2.45) is 0 Å². The number of nitrogens with zero attached hydrogens (tertiary/aromatic N) is 4. The SMILES string of the molecule is Cc1nc(N2CCN(c3cccc(Cl)c3)CC2)nc2c1C(=O)CC(c1ccco1)C2. The molecule has 1 saturated heterocycles. The molecule has 3 aromatic rings. The molecular formula is C23H23ClN4O2. The molecule has 7 heteroatoms. The van der Waals surface area contributed by atoms with E-state index in [0.29, 0.717) is 24.4 Å². The summed E-state index contributed by atoms with van der Waals surface area (Å²) in [6.07, 6.45) is 2.81. The van der Waals surface area contributed by atoms with Gasteiger partial charge in [-0.25, -0.2) is 9.97 Å². The molecular weight excluding hydrogens is 400 g/mol. The number of Topliss-reactive ketones (excluding diaryl/α,β-unsaturated/α-hetero) is 1. The Labute approximate surface area is 180 Å². The molecule has 1 unspecified atom stereocenters. The number of ketones is 1. The van der Waals surface area contributed by atoms with Crippen LogP contribution in [0.3, 0.4) is 0 Å². The predicted molar refractivity (Wildman–Crippen MR) is 117 cm³/mol. The van der Waals surface area contributed by atoms with Crippen molar-refractivity contribution >= 4 is 29.0 Å². The van der Waals surface area contributed by atoms with Crippen LogP contribution >= 0.6 is 11.6 Å². The number of carbonyl (C=O) groups excluding carboxylic acids is 1. The molecule has 0 spiro atoms. The Morgan fingerprint density at radius 3 is 2.57 bits per heavy atom. The first-order valence-corrected chi connectivity index (χ1v) is 10.7. The second kappa shape index (κ2) is 7.76. The molecule has 2 aromatic heterocycles. The van der Waals surface area contributed by atoms with Gasteiger partial charge >= 0.3 is 0 Å². The minimum Gasteiger partial charge on any atom is -0.469 e. The standard InChI is InChI=1S/C23H23ClN4O2/c1-15-22-19(12-16(13-20(22)29)21-6-3-11-30-21)26-23(25-15)28-9-7-27(8-10-28)18-5-2-4-17(24)14-18/h2-6,11,14,16H,7-10,12-13H2,1H3. The fraction of sp³-hybridized carbons (Fsp3) is 0.348. The van der Waals surface area contributed by atoms with Crippen LogP contribution in [-0.4, -0.2) is 41.9 Å². The topological polar surface area (TPSA) is 62.5 Å². The lowest BCUT2D eigenvalue weighted by atomic mass is 9.84. The summed E-state index contributed by atoms with van der Waals surface area (Å²) in [5.74, 6) is 1.71. The number of anilines is 2. The van der Waals surface area contributed by atoms with Gasteiger partial charge in [-0.05, 0) is 37.3 Å². The molecule has 5 rings (SSSR count). The van der Waals surface area contributed by atoms with Crippen LogP contribution in [0.2, 0.25) is 5.02 Å². The van der Waals surface area contributed by atoms with Gasteiger partial charge in [-0.2, -0.15) is 0 Å². The first kappa shape index (κ1) is 19.1. The van der Waals surface area contributed by atoms with E-state index in [1.807, 2.05) is 37.3 Å². The Morgan fingerprint density at radius 2 is 1.83 bits per heavy atom. The third kappa shape index (κ3) is 3.56. The van der Waals surface area contributed by atoms with Crippen LogP contribution in [0.15, 0.2) is 47.1 Å². The molecule has 0 amide bonds. The first-order chi connectivity index (χ1) is 14.6. The Balaban J connectivity index is 1.36. The normalized spacial score (nSPS) is 19.1. The number of halogens is 1. The van der Waals surface area contributed by atoms with E-state index in [2.05, 4.69) is 15.9 Å². The molecule has 0 radical (unpaired) electrons. The lowest BCUT2D eigenvalue weighted by molar-refractivity contribution is 0.0958. The predicted octanol–water partition coefficient (Wildman–Crippen LogP) is 4.27. The van der Waals surface area contributed by atoms with E-state index in [1.54, 1.807) is 6.26 Å². The molecule has 0 N–H and O–H groups in total. The van der Waals surface area contributed by atoms with Crippen molar-refractivity contribution in [3.63, 3.8) is 0 Å². The van der Waals surface area contributed by atoms with Crippen LogP contribution in [0.25, 0.3) is 0 Å². The van der Waals surface area contributed by atoms with Gasteiger partial charge in [-0.1, -0.05) is 17.7 Å². The van der Waals surface area contributed by atoms with Gasteiger partial charge in [0, 0.05) is 55.6 Å². The number of hydrogen-bond acceptors (Lipinski definition) is 6. The molecule has 1 aromatic carbocycles. The van der Waals surface area contributed by atoms with E-state index in [9.17, 15) is 4.79 Å². The smallest absolute Gasteiger partial charge is 0.225 e. The monoisotopic (exact) mass is 422 g/mol. The van der Waals surface area contributed by atoms with Gasteiger partial charge in [0.05, 0.1) is 23.2 Å². The van der Waals surface area contributed by atoms with E-state index >= 15 is 0 Å². The molecule has 154 valence electrons. The zero-order valence-electron chi connectivity index (χ0n) is 16.8. The number of piperazine rings is 1. The maximum absolute atomic E-state index is 12.8. The van der Waals surface area contributed by atoms with Gasteiger partial charge in [0.1, 0.15) is 5.76 Å². The summed E-state index contributed by atoms with van der Waals surface area (Å²) < 4.78 is 5.55. The highest BCUT2D eigenvalue weighted by molar-refractivity contribution is 6.30. The van der Waals surface area contributed by atoms with Crippen LogP contribution in [0.4, 0.5) is 11.6 Å². The van der Waals surface area contributed by atoms with Crippen molar-refractivity contribution in [3.05, 3.63) is 70.4 Å². The number of furan rings is 1. The van der Waals surface area contributed by atoms with E-state index < -0.39 is 0 Å². The first-order valence-electron chi connectivity index (χ1n) is 10.3. The average Bonchev–Trinajstić information content (AvgIpc) is 3.28. The number of rotatable bonds is 3. The lowest BCUT2D eigenvalue weighted by Crippen LogP contribution is -2.47. The summed E-state index contributed by atoms with van der Waals surface area (Å²) in [4.78, 5) is 26.8. The average molecular weight is 423 g/mol. The molecule has 3 heterocycles. The number of benzene rings is 1. The number of fused-ring (bicyclic) bond motifs is 1. The third-order valence-corrected chi connectivity index (χ3v) is 6.22. The zero-order chi connectivity index (χ0) is 20.7. The van der Waals surface area contributed by atoms with Crippen molar-refractivity contribution in [2.45, 2.75) is 25.7 Å². The number of hydrogen-bond donors (Lipinski definition) is 0. The number of carbonyl (C=O) groups is 1. The Morgan fingerprint density at radius 1 is 1.03 bits per heavy atom. The van der Waals surface area contributed by atoms with Gasteiger partial charge in [0.2, 0.25) is 5.95 Å². The highest BCUT2D eigenvalue weighted by Crippen LogP contribution is 2.34. The molecule has 2 aliphatic rings. The Hall–Kier alpha value is -2.86. The summed E-state index contributed by atoms with van der Waals surface area (Å²) >= 11 is 6.14. The van der Waals surface area contributed by atoms with Crippen LogP contribution in [0, 0.1) is 6.92 Å². The van der Waals surface area contributed by atoms with E-state index in [1.165, 1.54) is 0 Å². The van der Waals surface area contributed by atoms with Crippen molar-refractivity contribution in [2.75, 3.05) is 36.0 Å². The summed E-state index contributed by atoms with van der Waals surface area (Å²) in [7, 11) is 0. The zero-order valence-corrected chi connectivity index (χ0v) is 17.6. The van der Waals surface area contributed by atoms with Crippen LogP contribution in [0.1, 0.15) is 39.8 Å². The fourth-order valence-corrected chi connectivity index (χ4v) is 4.65. The molecule has 1 aliphatic carbocycles. The largest absolute Gasteiger partial charge is 0.469 e. The van der Waals surface area contributed by atoms with Crippen molar-refractivity contribution in [1.29, 1.82) is 0 Å². The van der Waals surface area contributed by atoms with Gasteiger partial charge < -0.3 is 14.2 Å². The number of aryl methyl sites for hydroxylation is 1. The summed E-state index contributed by atoms with van der Waals surface area (Å²) in [6, 6.07) is 11.8. The van der Waals surface area contributed by atoms with E-state index in [-0.39, 0.29) is 11.7 Å². The van der Waals surface area contributed by atoms with E-state index in [4.69, 9.17) is 26.0 Å². The molecule has 30 heavy (non-hydrogen) atoms. The second-order valence-corrected chi connectivity index (χ2v) is 8.36. The van der Waals surface area contributed by atoms with Crippen molar-refractivity contribution in [3.8, 4) is 0 Å². The molecule has 0 saturated carbocycles. The van der Waals surface area contributed by atoms with Gasteiger partial charge in [0.25, 0.3) is 0 Å². The fourth-order valence-electron chi connectivity index (χ4n) is 4.46. The quantitative estimate of drug-likeness (QED) is 0.628. The minimum atomic E-state index is 0.0434.